The Morgan fingerprint density at radius 1 is 1.39 bits per heavy atom. The fourth-order valence-electron chi connectivity index (χ4n) is 3.79. The van der Waals surface area contributed by atoms with Gasteiger partial charge in [0.15, 0.2) is 0 Å². The highest BCUT2D eigenvalue weighted by Gasteiger charge is 2.43. The van der Waals surface area contributed by atoms with Crippen LogP contribution in [0.25, 0.3) is 0 Å². The summed E-state index contributed by atoms with van der Waals surface area (Å²) in [6.45, 7) is 2.25. The van der Waals surface area contributed by atoms with Gasteiger partial charge in [-0.25, -0.2) is 9.78 Å². The lowest BCUT2D eigenvalue weighted by Gasteiger charge is -2.41. The van der Waals surface area contributed by atoms with E-state index in [2.05, 4.69) is 36.4 Å². The smallest absolute Gasteiger partial charge is 0.366 e. The summed E-state index contributed by atoms with van der Waals surface area (Å²) in [5.74, 6) is -0.0836. The summed E-state index contributed by atoms with van der Waals surface area (Å²) < 4.78 is 39.2. The van der Waals surface area contributed by atoms with Gasteiger partial charge in [0.2, 0.25) is 5.91 Å². The minimum Gasteiger partial charge on any atom is -0.366 e. The molecule has 1 unspecified atom stereocenters. The van der Waals surface area contributed by atoms with E-state index < -0.39 is 30.2 Å². The number of aromatic nitrogens is 1. The first-order chi connectivity index (χ1) is 14.6. The number of carbonyl (C=O) groups is 2. The number of hydrogen-bond donors (Lipinski definition) is 3. The van der Waals surface area contributed by atoms with E-state index in [1.165, 1.54) is 11.0 Å². The number of fused-ring (bicyclic) bond motifs is 3. The average molecular weight is 501 g/mol. The Kier molecular flexibility index (Phi) is 5.58. The fourth-order valence-corrected chi connectivity index (χ4v) is 4.12. The highest BCUT2D eigenvalue weighted by atomic mass is 79.9. The molecule has 3 atom stereocenters. The third-order valence-electron chi connectivity index (χ3n) is 5.40. The Bertz CT molecular complexity index is 966. The van der Waals surface area contributed by atoms with Crippen LogP contribution in [-0.2, 0) is 4.79 Å². The first-order valence-electron chi connectivity index (χ1n) is 9.66. The SMILES string of the molecule is C[C@@H](NC(=O)C1C=CC2=C(N1)N(C(=O)Nc1cc(Br)ccn1)[C@H]1CCN2C1)C(F)(F)F. The summed E-state index contributed by atoms with van der Waals surface area (Å²) in [4.78, 5) is 33.2. The van der Waals surface area contributed by atoms with E-state index in [1.807, 2.05) is 5.32 Å². The van der Waals surface area contributed by atoms with Crippen LogP contribution in [0, 0.1) is 0 Å². The maximum absolute atomic E-state index is 13.1. The number of hydrogen-bond acceptors (Lipinski definition) is 5. The number of nitrogens with one attached hydrogen (secondary N) is 3. The second-order valence-electron chi connectivity index (χ2n) is 7.53. The molecule has 3 amide bonds. The topological polar surface area (TPSA) is 89.6 Å². The number of carbonyl (C=O) groups excluding carboxylic acids is 2. The van der Waals surface area contributed by atoms with Crippen LogP contribution >= 0.6 is 15.9 Å². The third kappa shape index (κ3) is 4.34. The van der Waals surface area contributed by atoms with Gasteiger partial charge in [0, 0.05) is 23.8 Å². The number of rotatable bonds is 3. The zero-order valence-corrected chi connectivity index (χ0v) is 18.0. The van der Waals surface area contributed by atoms with Crippen molar-refractivity contribution < 1.29 is 22.8 Å². The van der Waals surface area contributed by atoms with Crippen LogP contribution in [-0.4, -0.2) is 64.1 Å². The molecule has 4 heterocycles. The van der Waals surface area contributed by atoms with E-state index in [1.54, 1.807) is 24.4 Å². The zero-order chi connectivity index (χ0) is 22.3. The normalized spacial score (nSPS) is 23.3. The monoisotopic (exact) mass is 500 g/mol. The summed E-state index contributed by atoms with van der Waals surface area (Å²) in [6, 6.07) is -0.218. The van der Waals surface area contributed by atoms with Crippen molar-refractivity contribution in [2.75, 3.05) is 18.4 Å². The Labute approximate surface area is 184 Å². The first-order valence-corrected chi connectivity index (χ1v) is 10.5. The number of urea groups is 1. The predicted molar refractivity (Wildman–Crippen MR) is 110 cm³/mol. The van der Waals surface area contributed by atoms with Crippen LogP contribution in [0.4, 0.5) is 23.8 Å². The van der Waals surface area contributed by atoms with Crippen molar-refractivity contribution in [3.8, 4) is 0 Å². The Morgan fingerprint density at radius 3 is 2.87 bits per heavy atom. The number of dihydropyridines is 1. The van der Waals surface area contributed by atoms with Gasteiger partial charge < -0.3 is 15.5 Å². The fraction of sp³-hybridized carbons (Fsp3) is 0.421. The molecule has 0 aliphatic carbocycles. The number of halogens is 4. The molecular formula is C19H20BrF3N6O2. The van der Waals surface area contributed by atoms with Crippen molar-refractivity contribution in [2.24, 2.45) is 0 Å². The van der Waals surface area contributed by atoms with Crippen LogP contribution in [0.1, 0.15) is 13.3 Å². The van der Waals surface area contributed by atoms with E-state index in [9.17, 15) is 22.8 Å². The molecule has 31 heavy (non-hydrogen) atoms. The average Bonchev–Trinajstić information content (AvgIpc) is 3.11. The van der Waals surface area contributed by atoms with Gasteiger partial charge >= 0.3 is 12.2 Å². The van der Waals surface area contributed by atoms with Crippen molar-refractivity contribution in [3.05, 3.63) is 46.5 Å². The number of pyridine rings is 1. The van der Waals surface area contributed by atoms with E-state index in [-0.39, 0.29) is 6.04 Å². The van der Waals surface area contributed by atoms with Crippen molar-refractivity contribution in [1.29, 1.82) is 0 Å². The van der Waals surface area contributed by atoms with Gasteiger partial charge in [0.25, 0.3) is 0 Å². The second-order valence-corrected chi connectivity index (χ2v) is 8.45. The van der Waals surface area contributed by atoms with E-state index >= 15 is 0 Å². The van der Waals surface area contributed by atoms with Crippen LogP contribution < -0.4 is 16.0 Å². The highest BCUT2D eigenvalue weighted by Crippen LogP contribution is 2.33. The standard InChI is InChI=1S/C19H20BrF3N6O2/c1-10(19(21,22)23)25-17(30)13-2-3-14-16(26-13)29(12-5-7-28(14)9-12)18(31)27-15-8-11(20)4-6-24-15/h2-4,6,8,10,12-13,26H,5,7,9H2,1H3,(H,25,30)(H,24,27,31)/t10-,12+,13?/m1/s1. The summed E-state index contributed by atoms with van der Waals surface area (Å²) in [6.07, 6.45) is 0.901. The lowest BCUT2D eigenvalue weighted by molar-refractivity contribution is -0.158. The molecule has 3 aliphatic rings. The summed E-state index contributed by atoms with van der Waals surface area (Å²) in [7, 11) is 0. The molecule has 0 aromatic carbocycles. The van der Waals surface area contributed by atoms with Gasteiger partial charge in [-0.1, -0.05) is 22.0 Å². The molecule has 0 radical (unpaired) electrons. The number of allylic oxidation sites excluding steroid dienone is 1. The number of alkyl halides is 3. The minimum absolute atomic E-state index is 0.136. The van der Waals surface area contributed by atoms with Gasteiger partial charge in [-0.3, -0.25) is 15.0 Å². The highest BCUT2D eigenvalue weighted by molar-refractivity contribution is 9.10. The molecule has 3 aliphatic heterocycles. The molecule has 1 aromatic heterocycles. The van der Waals surface area contributed by atoms with Crippen molar-refractivity contribution in [1.82, 2.24) is 25.4 Å². The molecule has 12 heteroatoms. The summed E-state index contributed by atoms with van der Waals surface area (Å²) >= 11 is 3.33. The van der Waals surface area contributed by atoms with E-state index in [4.69, 9.17) is 0 Å². The van der Waals surface area contributed by atoms with Gasteiger partial charge in [-0.05, 0) is 31.6 Å². The van der Waals surface area contributed by atoms with Gasteiger partial charge in [-0.15, -0.1) is 0 Å². The number of amides is 3. The van der Waals surface area contributed by atoms with Gasteiger partial charge in [0.05, 0.1) is 11.7 Å². The second kappa shape index (κ2) is 8.06. The van der Waals surface area contributed by atoms with E-state index in [0.717, 1.165) is 30.1 Å². The molecule has 0 saturated carbocycles. The Balaban J connectivity index is 1.54. The van der Waals surface area contributed by atoms with Crippen LogP contribution in [0.2, 0.25) is 0 Å². The quantitative estimate of drug-likeness (QED) is 0.593. The molecule has 1 aromatic rings. The van der Waals surface area contributed by atoms with Crippen LogP contribution in [0.3, 0.4) is 0 Å². The van der Waals surface area contributed by atoms with Crippen LogP contribution in [0.5, 0.6) is 0 Å². The maximum atomic E-state index is 13.1. The van der Waals surface area contributed by atoms with Crippen molar-refractivity contribution in [2.45, 2.75) is 37.6 Å². The summed E-state index contributed by atoms with van der Waals surface area (Å²) in [5.41, 5.74) is 0.721. The molecule has 166 valence electrons. The molecule has 1 saturated heterocycles. The number of nitrogens with zero attached hydrogens (tertiary/aromatic N) is 3. The van der Waals surface area contributed by atoms with E-state index in [0.29, 0.717) is 18.2 Å². The summed E-state index contributed by atoms with van der Waals surface area (Å²) in [5, 5.41) is 7.66. The third-order valence-corrected chi connectivity index (χ3v) is 5.89. The van der Waals surface area contributed by atoms with Crippen LogP contribution in [0.15, 0.2) is 46.5 Å². The largest absolute Gasteiger partial charge is 0.408 e. The first kappa shape index (κ1) is 21.5. The zero-order valence-electron chi connectivity index (χ0n) is 16.4. The Hall–Kier alpha value is -2.76. The molecule has 1 fully saturated rings. The predicted octanol–water partition coefficient (Wildman–Crippen LogP) is 2.53. The molecule has 3 N–H and O–H groups in total. The molecule has 2 bridgehead atoms. The van der Waals surface area contributed by atoms with Gasteiger partial charge in [0.1, 0.15) is 23.7 Å². The lowest BCUT2D eigenvalue weighted by Crippen LogP contribution is -2.57. The minimum atomic E-state index is -4.54. The Morgan fingerprint density at radius 2 is 2.16 bits per heavy atom. The van der Waals surface area contributed by atoms with Crippen molar-refractivity contribution >= 4 is 33.7 Å². The van der Waals surface area contributed by atoms with Crippen molar-refractivity contribution in [3.63, 3.8) is 0 Å². The lowest BCUT2D eigenvalue weighted by atomic mass is 10.1. The maximum Gasteiger partial charge on any atom is 0.408 e. The molecule has 0 spiro atoms. The van der Waals surface area contributed by atoms with Gasteiger partial charge in [-0.2, -0.15) is 13.2 Å². The molecular weight excluding hydrogens is 481 g/mol. The molecule has 8 nitrogen and oxygen atoms in total. The molecule has 4 rings (SSSR count). The number of anilines is 1.